The van der Waals surface area contributed by atoms with Crippen molar-refractivity contribution in [2.45, 2.75) is 0 Å². The molecule has 0 saturated carbocycles. The van der Waals surface area contributed by atoms with Crippen molar-refractivity contribution in [3.63, 3.8) is 0 Å². The van der Waals surface area contributed by atoms with Crippen LogP contribution in [0.2, 0.25) is 0 Å². The van der Waals surface area contributed by atoms with Crippen LogP contribution in [0.3, 0.4) is 0 Å². The second-order valence-corrected chi connectivity index (χ2v) is 4.54. The van der Waals surface area contributed by atoms with E-state index in [0.717, 1.165) is 9.52 Å². The summed E-state index contributed by atoms with van der Waals surface area (Å²) in [4.78, 5) is 0. The lowest BCUT2D eigenvalue weighted by molar-refractivity contribution is 1.71. The number of rotatable bonds is 0. The van der Waals surface area contributed by atoms with Gasteiger partial charge >= 0.3 is 0 Å². The molecule has 0 amide bonds. The number of hydrogen-bond acceptors (Lipinski definition) is 0. The van der Waals surface area contributed by atoms with Crippen LogP contribution in [0.1, 0.15) is 0 Å². The average Bonchev–Trinajstić information content (AvgIpc) is 2.56. The van der Waals surface area contributed by atoms with Gasteiger partial charge in [0.1, 0.15) is 9.52 Å². The van der Waals surface area contributed by atoms with Gasteiger partial charge in [0, 0.05) is 0 Å². The summed E-state index contributed by atoms with van der Waals surface area (Å²) in [6.07, 6.45) is 0. The van der Waals surface area contributed by atoms with Gasteiger partial charge in [0.2, 0.25) is 0 Å². The Hall–Kier alpha value is -1.34. The minimum absolute atomic E-state index is 0.851. The van der Waals surface area contributed by atoms with E-state index in [1.165, 1.54) is 21.5 Å². The number of benzene rings is 2. The summed E-state index contributed by atoms with van der Waals surface area (Å²) in [6.45, 7) is 0. The first-order chi connectivity index (χ1) is 6.45. The van der Waals surface area contributed by atoms with Crippen molar-refractivity contribution in [2.75, 3.05) is 0 Å². The molecule has 1 heterocycles. The Morgan fingerprint density at radius 3 is 1.62 bits per heavy atom. The highest BCUT2D eigenvalue weighted by molar-refractivity contribution is 6.73. The van der Waals surface area contributed by atoms with Gasteiger partial charge in [-0.3, -0.25) is 0 Å². The van der Waals surface area contributed by atoms with Gasteiger partial charge in [-0.15, -0.1) is 0 Å². The summed E-state index contributed by atoms with van der Waals surface area (Å²) in [7, 11) is 0.851. The van der Waals surface area contributed by atoms with Gasteiger partial charge in [0.15, 0.2) is 0 Å². The van der Waals surface area contributed by atoms with E-state index < -0.39 is 0 Å². The second-order valence-electron chi connectivity index (χ2n) is 3.22. The van der Waals surface area contributed by atoms with Gasteiger partial charge in [0.05, 0.1) is 0 Å². The third kappa shape index (κ3) is 0.973. The highest BCUT2D eigenvalue weighted by Gasteiger charge is 2.16. The molecule has 0 N–H and O–H groups in total. The summed E-state index contributed by atoms with van der Waals surface area (Å²) in [5, 5.41) is 2.98. The normalized spacial score (nSPS) is 12.3. The van der Waals surface area contributed by atoms with Crippen molar-refractivity contribution in [3.05, 3.63) is 48.5 Å². The number of fused-ring (bicyclic) bond motifs is 3. The van der Waals surface area contributed by atoms with Crippen molar-refractivity contribution < 1.29 is 0 Å². The molecule has 2 radical (unpaired) electrons. The highest BCUT2D eigenvalue weighted by atomic mass is 28.2. The molecule has 0 aliphatic carbocycles. The molecule has 0 bridgehead atoms. The van der Waals surface area contributed by atoms with E-state index in [1.807, 2.05) is 0 Å². The summed E-state index contributed by atoms with van der Waals surface area (Å²) in [6, 6.07) is 17.4. The molecule has 1 heteroatoms. The van der Waals surface area contributed by atoms with E-state index >= 15 is 0 Å². The minimum atomic E-state index is 0.851. The lowest BCUT2D eigenvalue weighted by Crippen LogP contribution is -2.20. The standard InChI is InChI=1S/C12H8Si/c1-3-7-11-9(5-1)10-6-2-4-8-12(10)13-11/h1-8H. The Morgan fingerprint density at radius 2 is 1.08 bits per heavy atom. The van der Waals surface area contributed by atoms with E-state index in [2.05, 4.69) is 48.5 Å². The molecule has 1 aliphatic heterocycles. The first-order valence-corrected chi connectivity index (χ1v) is 5.40. The Morgan fingerprint density at radius 1 is 0.615 bits per heavy atom. The van der Waals surface area contributed by atoms with E-state index in [0.29, 0.717) is 0 Å². The summed E-state index contributed by atoms with van der Waals surface area (Å²) in [5.74, 6) is 0. The molecule has 2 aromatic rings. The zero-order chi connectivity index (χ0) is 8.67. The molecule has 13 heavy (non-hydrogen) atoms. The molecule has 0 saturated heterocycles. The van der Waals surface area contributed by atoms with E-state index in [-0.39, 0.29) is 0 Å². The molecule has 1 aliphatic rings. The maximum Gasteiger partial charge on any atom is 0.123 e. The topological polar surface area (TPSA) is 0 Å². The highest BCUT2D eigenvalue weighted by Crippen LogP contribution is 2.18. The van der Waals surface area contributed by atoms with Crippen molar-refractivity contribution in [3.8, 4) is 11.1 Å². The van der Waals surface area contributed by atoms with Crippen LogP contribution in [0, 0.1) is 0 Å². The molecule has 0 aromatic heterocycles. The first-order valence-electron chi connectivity index (χ1n) is 4.40. The van der Waals surface area contributed by atoms with Crippen LogP contribution in [0.4, 0.5) is 0 Å². The first kappa shape index (κ1) is 7.10. The maximum atomic E-state index is 2.23. The van der Waals surface area contributed by atoms with Crippen molar-refractivity contribution in [2.24, 2.45) is 0 Å². The quantitative estimate of drug-likeness (QED) is 0.458. The van der Waals surface area contributed by atoms with Gasteiger partial charge < -0.3 is 0 Å². The van der Waals surface area contributed by atoms with E-state index in [9.17, 15) is 0 Å². The molecule has 0 nitrogen and oxygen atoms in total. The molecule has 0 atom stereocenters. The average molecular weight is 180 g/mol. The largest absolute Gasteiger partial charge is 0.123 e. The lowest BCUT2D eigenvalue weighted by Gasteiger charge is -1.98. The van der Waals surface area contributed by atoms with Crippen LogP contribution in [0.25, 0.3) is 11.1 Å². The van der Waals surface area contributed by atoms with Gasteiger partial charge in [-0.05, 0) is 11.1 Å². The molecule has 2 aromatic carbocycles. The Bertz CT molecular complexity index is 417. The van der Waals surface area contributed by atoms with Crippen molar-refractivity contribution >= 4 is 19.9 Å². The Labute approximate surface area is 80.1 Å². The molecule has 0 fully saturated rings. The monoisotopic (exact) mass is 180 g/mol. The van der Waals surface area contributed by atoms with Gasteiger partial charge in [0.25, 0.3) is 0 Å². The summed E-state index contributed by atoms with van der Waals surface area (Å²) < 4.78 is 0. The van der Waals surface area contributed by atoms with Crippen LogP contribution >= 0.6 is 0 Å². The van der Waals surface area contributed by atoms with Gasteiger partial charge in [-0.1, -0.05) is 58.9 Å². The van der Waals surface area contributed by atoms with Gasteiger partial charge in [-0.2, -0.15) is 0 Å². The molecule has 60 valence electrons. The van der Waals surface area contributed by atoms with E-state index in [1.54, 1.807) is 0 Å². The van der Waals surface area contributed by atoms with Crippen LogP contribution in [0.5, 0.6) is 0 Å². The minimum Gasteiger partial charge on any atom is -0.0625 e. The SMILES string of the molecule is c1ccc2c(c1)[Si]c1ccccc1-2. The molecule has 0 unspecified atom stereocenters. The lowest BCUT2D eigenvalue weighted by atomic mass is 10.1. The van der Waals surface area contributed by atoms with E-state index in [4.69, 9.17) is 0 Å². The summed E-state index contributed by atoms with van der Waals surface area (Å²) >= 11 is 0. The fourth-order valence-corrected chi connectivity index (χ4v) is 3.15. The zero-order valence-corrected chi connectivity index (χ0v) is 8.12. The van der Waals surface area contributed by atoms with Crippen LogP contribution < -0.4 is 10.4 Å². The smallest absolute Gasteiger partial charge is 0.0625 e. The predicted molar refractivity (Wildman–Crippen MR) is 56.9 cm³/mol. The van der Waals surface area contributed by atoms with Crippen LogP contribution in [-0.4, -0.2) is 9.52 Å². The maximum absolute atomic E-state index is 2.23. The second kappa shape index (κ2) is 2.57. The zero-order valence-electron chi connectivity index (χ0n) is 7.12. The third-order valence-electron chi connectivity index (χ3n) is 2.41. The van der Waals surface area contributed by atoms with Crippen LogP contribution in [-0.2, 0) is 0 Å². The van der Waals surface area contributed by atoms with Crippen molar-refractivity contribution in [1.29, 1.82) is 0 Å². The van der Waals surface area contributed by atoms with Gasteiger partial charge in [-0.25, -0.2) is 0 Å². The Kier molecular flexibility index (Phi) is 1.40. The molecular weight excluding hydrogens is 172 g/mol. The van der Waals surface area contributed by atoms with Crippen LogP contribution in [0.15, 0.2) is 48.5 Å². The van der Waals surface area contributed by atoms with Crippen molar-refractivity contribution in [1.82, 2.24) is 0 Å². The third-order valence-corrected chi connectivity index (χ3v) is 3.82. The fraction of sp³-hybridized carbons (Fsp3) is 0. The fourth-order valence-electron chi connectivity index (χ4n) is 1.80. The molecular formula is C12H8Si. The predicted octanol–water partition coefficient (Wildman–Crippen LogP) is 1.32. The number of hydrogen-bond donors (Lipinski definition) is 0. The molecule has 3 rings (SSSR count). The molecule has 0 spiro atoms. The Balaban J connectivity index is 2.32. The summed E-state index contributed by atoms with van der Waals surface area (Å²) in [5.41, 5.74) is 2.85.